The molecule has 29 heavy (non-hydrogen) atoms. The Morgan fingerprint density at radius 2 is 1.62 bits per heavy atom. The number of carbonyl (C=O) groups is 4. The van der Waals surface area contributed by atoms with Gasteiger partial charge in [-0.15, -0.1) is 0 Å². The molecule has 150 valence electrons. The van der Waals surface area contributed by atoms with Crippen LogP contribution in [-0.4, -0.2) is 29.8 Å². The number of benzene rings is 2. The summed E-state index contributed by atoms with van der Waals surface area (Å²) in [6, 6.07) is 14.8. The first-order valence-electron chi connectivity index (χ1n) is 8.72. The molecule has 0 aliphatic heterocycles. The maximum Gasteiger partial charge on any atom is 0.355 e. The van der Waals surface area contributed by atoms with Crippen LogP contribution in [0.5, 0.6) is 0 Å². The molecule has 0 bridgehead atoms. The predicted molar refractivity (Wildman–Crippen MR) is 107 cm³/mol. The zero-order valence-corrected chi connectivity index (χ0v) is 16.0. The van der Waals surface area contributed by atoms with Gasteiger partial charge in [0.15, 0.2) is 6.10 Å². The number of rotatable bonds is 7. The van der Waals surface area contributed by atoms with Crippen LogP contribution in [0.2, 0.25) is 0 Å². The van der Waals surface area contributed by atoms with Crippen LogP contribution in [0, 0.1) is 0 Å². The van der Waals surface area contributed by atoms with E-state index in [2.05, 4.69) is 10.6 Å². The van der Waals surface area contributed by atoms with Gasteiger partial charge in [0, 0.05) is 18.2 Å². The third-order valence-electron chi connectivity index (χ3n) is 3.73. The molecule has 2 aromatic rings. The summed E-state index contributed by atoms with van der Waals surface area (Å²) >= 11 is 0. The first kappa shape index (κ1) is 21.4. The Bertz CT molecular complexity index is 937. The Morgan fingerprint density at radius 1 is 1.00 bits per heavy atom. The lowest BCUT2D eigenvalue weighted by atomic mass is 10.2. The third-order valence-corrected chi connectivity index (χ3v) is 3.73. The van der Waals surface area contributed by atoms with Gasteiger partial charge < -0.3 is 21.1 Å². The molecule has 0 radical (unpaired) electrons. The van der Waals surface area contributed by atoms with Gasteiger partial charge >= 0.3 is 5.97 Å². The maximum atomic E-state index is 12.4. The van der Waals surface area contributed by atoms with Crippen LogP contribution >= 0.6 is 0 Å². The van der Waals surface area contributed by atoms with Crippen molar-refractivity contribution in [2.24, 2.45) is 5.73 Å². The number of ether oxygens (including phenoxy) is 1. The molecule has 0 aliphatic rings. The number of anilines is 1. The van der Waals surface area contributed by atoms with Gasteiger partial charge in [0.05, 0.1) is 0 Å². The molecule has 2 rings (SSSR count). The standard InChI is InChI=1S/C21H21N3O5/c1-13(20(27)24-17-10-8-16(9-11-17)19(22)26)29-21(28)18(23-14(2)25)12-15-6-4-3-5-7-15/h3-13H,1-2H3,(H2,22,26)(H,23,25)(H,24,27)/b18-12-/t13-/m0/s1. The SMILES string of the molecule is CC(=O)N/C(=C\c1ccccc1)C(=O)O[C@@H](C)C(=O)Nc1ccc(C(N)=O)cc1. The highest BCUT2D eigenvalue weighted by atomic mass is 16.5. The zero-order valence-electron chi connectivity index (χ0n) is 16.0. The summed E-state index contributed by atoms with van der Waals surface area (Å²) in [6.45, 7) is 2.66. The van der Waals surface area contributed by atoms with Gasteiger partial charge in [-0.05, 0) is 42.8 Å². The lowest BCUT2D eigenvalue weighted by Gasteiger charge is -2.15. The van der Waals surface area contributed by atoms with Crippen LogP contribution < -0.4 is 16.4 Å². The zero-order chi connectivity index (χ0) is 21.4. The largest absolute Gasteiger partial charge is 0.448 e. The second-order valence-electron chi connectivity index (χ2n) is 6.13. The van der Waals surface area contributed by atoms with Crippen molar-refractivity contribution in [1.82, 2.24) is 5.32 Å². The van der Waals surface area contributed by atoms with Crippen molar-refractivity contribution in [2.45, 2.75) is 20.0 Å². The fourth-order valence-corrected chi connectivity index (χ4v) is 2.29. The summed E-state index contributed by atoms with van der Waals surface area (Å²) in [4.78, 5) is 47.2. The van der Waals surface area contributed by atoms with Crippen molar-refractivity contribution in [2.75, 3.05) is 5.32 Å². The first-order chi connectivity index (χ1) is 13.8. The summed E-state index contributed by atoms with van der Waals surface area (Å²) in [5.74, 6) is -2.46. The number of hydrogen-bond donors (Lipinski definition) is 3. The summed E-state index contributed by atoms with van der Waals surface area (Å²) in [5.41, 5.74) is 6.47. The van der Waals surface area contributed by atoms with E-state index in [4.69, 9.17) is 10.5 Å². The van der Waals surface area contributed by atoms with E-state index in [1.807, 2.05) is 6.07 Å². The Morgan fingerprint density at radius 3 is 2.17 bits per heavy atom. The number of amides is 3. The second-order valence-corrected chi connectivity index (χ2v) is 6.13. The van der Waals surface area contributed by atoms with Gasteiger partial charge in [-0.1, -0.05) is 30.3 Å². The van der Waals surface area contributed by atoms with E-state index < -0.39 is 29.8 Å². The van der Waals surface area contributed by atoms with E-state index >= 15 is 0 Å². The third kappa shape index (κ3) is 6.62. The van der Waals surface area contributed by atoms with E-state index in [1.165, 1.54) is 44.2 Å². The fourth-order valence-electron chi connectivity index (χ4n) is 2.29. The van der Waals surface area contributed by atoms with Gasteiger partial charge in [-0.2, -0.15) is 0 Å². The number of nitrogens with one attached hydrogen (secondary N) is 2. The molecule has 8 nitrogen and oxygen atoms in total. The van der Waals surface area contributed by atoms with Crippen molar-refractivity contribution < 1.29 is 23.9 Å². The molecular formula is C21H21N3O5. The molecule has 3 amide bonds. The lowest BCUT2D eigenvalue weighted by molar-refractivity contribution is -0.149. The number of hydrogen-bond acceptors (Lipinski definition) is 5. The Labute approximate surface area is 167 Å². The molecule has 0 unspecified atom stereocenters. The van der Waals surface area contributed by atoms with Crippen molar-refractivity contribution in [3.05, 3.63) is 71.4 Å². The van der Waals surface area contributed by atoms with Crippen LogP contribution in [0.15, 0.2) is 60.3 Å². The molecule has 0 fully saturated rings. The van der Waals surface area contributed by atoms with Crippen LogP contribution in [0.4, 0.5) is 5.69 Å². The molecule has 0 aliphatic carbocycles. The highest BCUT2D eigenvalue weighted by molar-refractivity contribution is 6.01. The normalized spacial score (nSPS) is 11.9. The Hall–Kier alpha value is -3.94. The topological polar surface area (TPSA) is 128 Å². The fraction of sp³-hybridized carbons (Fsp3) is 0.143. The van der Waals surface area contributed by atoms with E-state index in [0.29, 0.717) is 16.8 Å². The minimum atomic E-state index is -1.13. The highest BCUT2D eigenvalue weighted by Crippen LogP contribution is 2.12. The molecule has 4 N–H and O–H groups in total. The number of carbonyl (C=O) groups excluding carboxylic acids is 4. The monoisotopic (exact) mass is 395 g/mol. The van der Waals surface area contributed by atoms with Gasteiger partial charge in [0.25, 0.3) is 5.91 Å². The van der Waals surface area contributed by atoms with Gasteiger partial charge in [-0.3, -0.25) is 14.4 Å². The summed E-state index contributed by atoms with van der Waals surface area (Å²) in [5, 5.41) is 4.98. The Balaban J connectivity index is 2.05. The van der Waals surface area contributed by atoms with E-state index in [-0.39, 0.29) is 5.70 Å². The average molecular weight is 395 g/mol. The molecule has 0 saturated carbocycles. The van der Waals surface area contributed by atoms with Crippen molar-refractivity contribution >= 4 is 35.5 Å². The lowest BCUT2D eigenvalue weighted by Crippen LogP contribution is -2.33. The first-order valence-corrected chi connectivity index (χ1v) is 8.72. The number of primary amides is 1. The van der Waals surface area contributed by atoms with E-state index in [9.17, 15) is 19.2 Å². The molecule has 0 saturated heterocycles. The summed E-state index contributed by atoms with van der Waals surface area (Å²) in [7, 11) is 0. The van der Waals surface area contributed by atoms with Crippen LogP contribution in [0.3, 0.4) is 0 Å². The van der Waals surface area contributed by atoms with Gasteiger partial charge in [0.2, 0.25) is 11.8 Å². The van der Waals surface area contributed by atoms with Crippen LogP contribution in [0.25, 0.3) is 6.08 Å². The summed E-state index contributed by atoms with van der Waals surface area (Å²) < 4.78 is 5.17. The molecule has 1 atom stereocenters. The minimum absolute atomic E-state index is 0.0887. The molecule has 0 aromatic heterocycles. The van der Waals surface area contributed by atoms with Crippen molar-refractivity contribution in [3.8, 4) is 0 Å². The molecule has 2 aromatic carbocycles. The van der Waals surface area contributed by atoms with Crippen LogP contribution in [-0.2, 0) is 19.1 Å². The quantitative estimate of drug-likeness (QED) is 0.487. The number of esters is 1. The number of nitrogens with two attached hydrogens (primary N) is 1. The van der Waals surface area contributed by atoms with Crippen molar-refractivity contribution in [3.63, 3.8) is 0 Å². The predicted octanol–water partition coefficient (Wildman–Crippen LogP) is 1.83. The minimum Gasteiger partial charge on any atom is -0.448 e. The Kier molecular flexibility index (Phi) is 7.25. The van der Waals surface area contributed by atoms with Gasteiger partial charge in [-0.25, -0.2) is 4.79 Å². The highest BCUT2D eigenvalue weighted by Gasteiger charge is 2.21. The molecule has 8 heteroatoms. The van der Waals surface area contributed by atoms with Crippen molar-refractivity contribution in [1.29, 1.82) is 0 Å². The maximum absolute atomic E-state index is 12.4. The molecule has 0 heterocycles. The van der Waals surface area contributed by atoms with E-state index in [1.54, 1.807) is 24.3 Å². The smallest absolute Gasteiger partial charge is 0.355 e. The van der Waals surface area contributed by atoms with E-state index in [0.717, 1.165) is 0 Å². The molecular weight excluding hydrogens is 374 g/mol. The van der Waals surface area contributed by atoms with Gasteiger partial charge in [0.1, 0.15) is 5.70 Å². The molecule has 0 spiro atoms. The van der Waals surface area contributed by atoms with Crippen LogP contribution in [0.1, 0.15) is 29.8 Å². The average Bonchev–Trinajstić information content (AvgIpc) is 2.68. The summed E-state index contributed by atoms with van der Waals surface area (Å²) in [6.07, 6.45) is 0.322. The second kappa shape index (κ2) is 9.84.